The number of rotatable bonds is 3. The molecule has 0 amide bonds. The molecule has 0 aliphatic heterocycles. The lowest BCUT2D eigenvalue weighted by Gasteiger charge is -2.19. The molecule has 0 fully saturated rings. The van der Waals surface area contributed by atoms with Gasteiger partial charge in [-0.15, -0.1) is 0 Å². The number of benzene rings is 1. The Morgan fingerprint density at radius 3 is 2.50 bits per heavy atom. The maximum atomic E-state index is 11.0. The molecule has 0 radical (unpaired) electrons. The zero-order chi connectivity index (χ0) is 12.5. The van der Waals surface area contributed by atoms with Gasteiger partial charge in [0.1, 0.15) is 0 Å². The van der Waals surface area contributed by atoms with E-state index in [2.05, 4.69) is 15.9 Å². The minimum atomic E-state index is -1.29. The van der Waals surface area contributed by atoms with Gasteiger partial charge in [0.05, 0.1) is 10.3 Å². The van der Waals surface area contributed by atoms with Crippen molar-refractivity contribution in [2.75, 3.05) is 0 Å². The van der Waals surface area contributed by atoms with Gasteiger partial charge in [-0.1, -0.05) is 15.9 Å². The summed E-state index contributed by atoms with van der Waals surface area (Å²) in [7, 11) is 0. The largest absolute Gasteiger partial charge is 0.481 e. The zero-order valence-corrected chi connectivity index (χ0v) is 10.3. The zero-order valence-electron chi connectivity index (χ0n) is 8.73. The number of hydrogen-bond acceptors (Lipinski definition) is 3. The highest BCUT2D eigenvalue weighted by Gasteiger charge is 2.35. The van der Waals surface area contributed by atoms with Crippen molar-refractivity contribution in [2.45, 2.75) is 19.3 Å². The van der Waals surface area contributed by atoms with Gasteiger partial charge in [0.2, 0.25) is 0 Å². The molecule has 16 heavy (non-hydrogen) atoms. The van der Waals surface area contributed by atoms with Gasteiger partial charge in [-0.05, 0) is 26.0 Å². The molecule has 0 atom stereocenters. The first-order chi connectivity index (χ1) is 7.26. The number of carboxylic acids is 1. The van der Waals surface area contributed by atoms with Crippen molar-refractivity contribution < 1.29 is 14.8 Å². The molecule has 5 nitrogen and oxygen atoms in total. The van der Waals surface area contributed by atoms with Gasteiger partial charge in [0.25, 0.3) is 5.69 Å². The second-order valence-electron chi connectivity index (χ2n) is 3.85. The number of carbonyl (C=O) groups is 1. The molecule has 1 aromatic carbocycles. The molecule has 86 valence electrons. The molecule has 0 aromatic heterocycles. The van der Waals surface area contributed by atoms with Gasteiger partial charge >= 0.3 is 5.97 Å². The van der Waals surface area contributed by atoms with Crippen LogP contribution in [0, 0.1) is 10.1 Å². The highest BCUT2D eigenvalue weighted by atomic mass is 79.9. The van der Waals surface area contributed by atoms with Crippen molar-refractivity contribution in [3.63, 3.8) is 0 Å². The summed E-state index contributed by atoms with van der Waals surface area (Å²) < 4.78 is 0.545. The SMILES string of the molecule is CC(C)(C(=O)O)c1ccc(Br)cc1[N+](=O)[O-]. The van der Waals surface area contributed by atoms with Crippen molar-refractivity contribution in [1.29, 1.82) is 0 Å². The number of carboxylic acid groups (broad SMARTS) is 1. The monoisotopic (exact) mass is 287 g/mol. The lowest BCUT2D eigenvalue weighted by atomic mass is 9.84. The standard InChI is InChI=1S/C10H10BrNO4/c1-10(2,9(13)14)7-4-3-6(11)5-8(7)12(15)16/h3-5H,1-2H3,(H,13,14). The Morgan fingerprint density at radius 2 is 2.06 bits per heavy atom. The highest BCUT2D eigenvalue weighted by Crippen LogP contribution is 2.33. The molecule has 0 aliphatic rings. The average molecular weight is 288 g/mol. The molecule has 0 saturated carbocycles. The van der Waals surface area contributed by atoms with Gasteiger partial charge in [-0.25, -0.2) is 0 Å². The first-order valence-electron chi connectivity index (χ1n) is 4.44. The first kappa shape index (κ1) is 12.6. The smallest absolute Gasteiger partial charge is 0.313 e. The first-order valence-corrected chi connectivity index (χ1v) is 5.24. The van der Waals surface area contributed by atoms with E-state index < -0.39 is 16.3 Å². The van der Waals surface area contributed by atoms with Crippen molar-refractivity contribution in [3.8, 4) is 0 Å². The number of nitrogens with zero attached hydrogens (tertiary/aromatic N) is 1. The summed E-state index contributed by atoms with van der Waals surface area (Å²) in [5.41, 5.74) is -1.29. The predicted molar refractivity (Wildman–Crippen MR) is 61.5 cm³/mol. The summed E-state index contributed by atoms with van der Waals surface area (Å²) in [6.45, 7) is 2.87. The second kappa shape index (κ2) is 4.21. The summed E-state index contributed by atoms with van der Waals surface area (Å²) >= 11 is 3.12. The molecular formula is C10H10BrNO4. The van der Waals surface area contributed by atoms with Crippen LogP contribution < -0.4 is 0 Å². The van der Waals surface area contributed by atoms with Crippen LogP contribution in [-0.4, -0.2) is 16.0 Å². The summed E-state index contributed by atoms with van der Waals surface area (Å²) in [6.07, 6.45) is 0. The fourth-order valence-electron chi connectivity index (χ4n) is 1.30. The van der Waals surface area contributed by atoms with Gasteiger partial charge in [0, 0.05) is 16.1 Å². The summed E-state index contributed by atoms with van der Waals surface area (Å²) in [5, 5.41) is 19.9. The molecule has 1 rings (SSSR count). The van der Waals surface area contributed by atoms with Crippen molar-refractivity contribution in [1.82, 2.24) is 0 Å². The molecule has 1 aromatic rings. The van der Waals surface area contributed by atoms with E-state index in [0.29, 0.717) is 4.47 Å². The van der Waals surface area contributed by atoms with Gasteiger partial charge < -0.3 is 5.11 Å². The summed E-state index contributed by atoms with van der Waals surface area (Å²) in [6, 6.07) is 4.35. The Morgan fingerprint density at radius 1 is 1.50 bits per heavy atom. The van der Waals surface area contributed by atoms with Crippen LogP contribution in [0.3, 0.4) is 0 Å². The van der Waals surface area contributed by atoms with E-state index in [1.54, 1.807) is 6.07 Å². The van der Waals surface area contributed by atoms with Gasteiger partial charge in [-0.3, -0.25) is 14.9 Å². The third kappa shape index (κ3) is 2.21. The summed E-state index contributed by atoms with van der Waals surface area (Å²) in [4.78, 5) is 21.3. The van der Waals surface area contributed by atoms with E-state index in [4.69, 9.17) is 5.11 Å². The van der Waals surface area contributed by atoms with Crippen LogP contribution in [0.5, 0.6) is 0 Å². The molecule has 0 saturated heterocycles. The third-order valence-electron chi connectivity index (χ3n) is 2.36. The molecule has 0 heterocycles. The number of aliphatic carboxylic acids is 1. The number of halogens is 1. The Kier molecular flexibility index (Phi) is 3.32. The maximum Gasteiger partial charge on any atom is 0.313 e. The number of nitro benzene ring substituents is 1. The van der Waals surface area contributed by atoms with Crippen LogP contribution in [0.25, 0.3) is 0 Å². The number of nitro groups is 1. The van der Waals surface area contributed by atoms with E-state index >= 15 is 0 Å². The molecule has 0 bridgehead atoms. The molecular weight excluding hydrogens is 278 g/mol. The minimum absolute atomic E-state index is 0.188. The lowest BCUT2D eigenvalue weighted by Crippen LogP contribution is -2.29. The topological polar surface area (TPSA) is 80.4 Å². The van der Waals surface area contributed by atoms with Crippen LogP contribution >= 0.6 is 15.9 Å². The number of hydrogen-bond donors (Lipinski definition) is 1. The third-order valence-corrected chi connectivity index (χ3v) is 2.86. The lowest BCUT2D eigenvalue weighted by molar-refractivity contribution is -0.386. The van der Waals surface area contributed by atoms with E-state index in [-0.39, 0.29) is 11.3 Å². The molecule has 6 heteroatoms. The molecule has 1 N–H and O–H groups in total. The maximum absolute atomic E-state index is 11.0. The fraction of sp³-hybridized carbons (Fsp3) is 0.300. The van der Waals surface area contributed by atoms with Crippen LogP contribution in [0.1, 0.15) is 19.4 Å². The van der Waals surface area contributed by atoms with E-state index in [9.17, 15) is 14.9 Å². The fourth-order valence-corrected chi connectivity index (χ4v) is 1.65. The second-order valence-corrected chi connectivity index (χ2v) is 4.76. The van der Waals surface area contributed by atoms with Crippen molar-refractivity contribution >= 4 is 27.6 Å². The predicted octanol–water partition coefficient (Wildman–Crippen LogP) is 2.72. The summed E-state index contributed by atoms with van der Waals surface area (Å²) in [5.74, 6) is -1.10. The van der Waals surface area contributed by atoms with Crippen LogP contribution in [0.15, 0.2) is 22.7 Å². The van der Waals surface area contributed by atoms with Crippen LogP contribution in [0.4, 0.5) is 5.69 Å². The van der Waals surface area contributed by atoms with Crippen molar-refractivity contribution in [3.05, 3.63) is 38.3 Å². The Balaban J connectivity index is 3.45. The van der Waals surface area contributed by atoms with Crippen LogP contribution in [-0.2, 0) is 10.2 Å². The van der Waals surface area contributed by atoms with Gasteiger partial charge in [-0.2, -0.15) is 0 Å². The minimum Gasteiger partial charge on any atom is -0.481 e. The van der Waals surface area contributed by atoms with Crippen LogP contribution in [0.2, 0.25) is 0 Å². The van der Waals surface area contributed by atoms with E-state index in [0.717, 1.165) is 0 Å². The Bertz CT molecular complexity index is 456. The van der Waals surface area contributed by atoms with Gasteiger partial charge in [0.15, 0.2) is 0 Å². The molecule has 0 aliphatic carbocycles. The molecule has 0 spiro atoms. The Hall–Kier alpha value is -1.43. The Labute approximate surface area is 100 Å². The normalized spacial score (nSPS) is 11.2. The average Bonchev–Trinajstić information content (AvgIpc) is 2.16. The van der Waals surface area contributed by atoms with E-state index in [1.807, 2.05) is 0 Å². The molecule has 0 unspecified atom stereocenters. The van der Waals surface area contributed by atoms with E-state index in [1.165, 1.54) is 26.0 Å². The van der Waals surface area contributed by atoms with Crippen molar-refractivity contribution in [2.24, 2.45) is 0 Å². The quantitative estimate of drug-likeness (QED) is 0.685. The highest BCUT2D eigenvalue weighted by molar-refractivity contribution is 9.10.